The van der Waals surface area contributed by atoms with Gasteiger partial charge in [-0.05, 0) is 35.8 Å². The largest absolute Gasteiger partial charge is 0.390 e. The molecule has 0 radical (unpaired) electrons. The van der Waals surface area contributed by atoms with Gasteiger partial charge in [-0.25, -0.2) is 0 Å². The van der Waals surface area contributed by atoms with Crippen LogP contribution in [0.2, 0.25) is 0 Å². The predicted molar refractivity (Wildman–Crippen MR) is 94.7 cm³/mol. The van der Waals surface area contributed by atoms with Crippen LogP contribution in [0.5, 0.6) is 0 Å². The monoisotopic (exact) mass is 354 g/mol. The molecule has 7 unspecified atom stereocenters. The SMILES string of the molecule is CC(C)C1(O)C=C2C(O)C(O)C3C(C)(C)CCCC3(C)C2(O)C(O)C1. The summed E-state index contributed by atoms with van der Waals surface area (Å²) in [6, 6.07) is 0. The van der Waals surface area contributed by atoms with Crippen molar-refractivity contribution in [3.63, 3.8) is 0 Å². The van der Waals surface area contributed by atoms with E-state index in [9.17, 15) is 25.5 Å². The molecule has 0 spiro atoms. The highest BCUT2D eigenvalue weighted by atomic mass is 16.4. The van der Waals surface area contributed by atoms with Crippen molar-refractivity contribution in [1.82, 2.24) is 0 Å². The molecular weight excluding hydrogens is 320 g/mol. The summed E-state index contributed by atoms with van der Waals surface area (Å²) in [7, 11) is 0. The third-order valence-electron chi connectivity index (χ3n) is 7.75. The van der Waals surface area contributed by atoms with E-state index in [1.807, 2.05) is 20.8 Å². The smallest absolute Gasteiger partial charge is 0.120 e. The summed E-state index contributed by atoms with van der Waals surface area (Å²) in [5, 5.41) is 55.5. The molecule has 0 bridgehead atoms. The number of hydrogen-bond acceptors (Lipinski definition) is 5. The minimum absolute atomic E-state index is 0.0240. The summed E-state index contributed by atoms with van der Waals surface area (Å²) >= 11 is 0. The van der Waals surface area contributed by atoms with Crippen molar-refractivity contribution in [3.05, 3.63) is 11.6 Å². The zero-order valence-electron chi connectivity index (χ0n) is 16.0. The summed E-state index contributed by atoms with van der Waals surface area (Å²) in [5.74, 6) is -0.525. The van der Waals surface area contributed by atoms with Crippen LogP contribution < -0.4 is 0 Å². The molecule has 0 heterocycles. The van der Waals surface area contributed by atoms with Gasteiger partial charge in [0.1, 0.15) is 11.7 Å². The average molecular weight is 354 g/mol. The molecular formula is C20H34O5. The van der Waals surface area contributed by atoms with Crippen LogP contribution in [-0.2, 0) is 0 Å². The molecule has 0 aliphatic heterocycles. The minimum atomic E-state index is -1.64. The molecule has 0 aromatic carbocycles. The van der Waals surface area contributed by atoms with Gasteiger partial charge in [-0.3, -0.25) is 0 Å². The Morgan fingerprint density at radius 1 is 1.04 bits per heavy atom. The van der Waals surface area contributed by atoms with Crippen molar-refractivity contribution in [2.75, 3.05) is 0 Å². The summed E-state index contributed by atoms with van der Waals surface area (Å²) in [6.45, 7) is 9.72. The second kappa shape index (κ2) is 5.52. The van der Waals surface area contributed by atoms with Gasteiger partial charge in [-0.15, -0.1) is 0 Å². The van der Waals surface area contributed by atoms with Gasteiger partial charge in [-0.1, -0.05) is 41.0 Å². The predicted octanol–water partition coefficient (Wildman–Crippen LogP) is 1.36. The fourth-order valence-corrected chi connectivity index (χ4v) is 6.23. The zero-order chi connectivity index (χ0) is 19.0. The summed E-state index contributed by atoms with van der Waals surface area (Å²) in [5.41, 5.74) is -3.80. The van der Waals surface area contributed by atoms with Crippen LogP contribution in [-0.4, -0.2) is 55.0 Å². The van der Waals surface area contributed by atoms with Crippen LogP contribution in [0.1, 0.15) is 60.3 Å². The molecule has 2 fully saturated rings. The third kappa shape index (κ3) is 2.32. The van der Waals surface area contributed by atoms with Gasteiger partial charge in [0.15, 0.2) is 0 Å². The van der Waals surface area contributed by atoms with E-state index in [4.69, 9.17) is 0 Å². The van der Waals surface area contributed by atoms with Crippen molar-refractivity contribution in [2.24, 2.45) is 22.7 Å². The zero-order valence-corrected chi connectivity index (χ0v) is 16.0. The van der Waals surface area contributed by atoms with Crippen LogP contribution in [0.15, 0.2) is 11.6 Å². The summed E-state index contributed by atoms with van der Waals surface area (Å²) in [4.78, 5) is 0. The molecule has 7 atom stereocenters. The second-order valence-corrected chi connectivity index (χ2v) is 9.90. The van der Waals surface area contributed by atoms with E-state index in [0.717, 1.165) is 12.8 Å². The van der Waals surface area contributed by atoms with Crippen molar-refractivity contribution in [1.29, 1.82) is 0 Å². The molecule has 2 saturated carbocycles. The van der Waals surface area contributed by atoms with E-state index in [-0.39, 0.29) is 29.2 Å². The van der Waals surface area contributed by atoms with Crippen LogP contribution in [0, 0.1) is 22.7 Å². The lowest BCUT2D eigenvalue weighted by Gasteiger charge is -2.66. The van der Waals surface area contributed by atoms with Crippen LogP contribution in [0.25, 0.3) is 0 Å². The first kappa shape index (κ1) is 19.3. The molecule has 0 aromatic heterocycles. The van der Waals surface area contributed by atoms with Gasteiger partial charge < -0.3 is 25.5 Å². The van der Waals surface area contributed by atoms with E-state index in [2.05, 4.69) is 13.8 Å². The van der Waals surface area contributed by atoms with E-state index in [0.29, 0.717) is 6.42 Å². The third-order valence-corrected chi connectivity index (χ3v) is 7.75. The Balaban J connectivity index is 2.22. The van der Waals surface area contributed by atoms with Gasteiger partial charge in [0.05, 0.1) is 17.8 Å². The Morgan fingerprint density at radius 2 is 1.64 bits per heavy atom. The van der Waals surface area contributed by atoms with Crippen molar-refractivity contribution in [3.8, 4) is 0 Å². The summed E-state index contributed by atoms with van der Waals surface area (Å²) in [6.07, 6.45) is 0.475. The van der Waals surface area contributed by atoms with Crippen molar-refractivity contribution < 1.29 is 25.5 Å². The first-order chi connectivity index (χ1) is 11.3. The Bertz CT molecular complexity index is 585. The highest BCUT2D eigenvalue weighted by Gasteiger charge is 2.70. The summed E-state index contributed by atoms with van der Waals surface area (Å²) < 4.78 is 0. The molecule has 3 rings (SSSR count). The van der Waals surface area contributed by atoms with Crippen LogP contribution in [0.3, 0.4) is 0 Å². The molecule has 5 N–H and O–H groups in total. The topological polar surface area (TPSA) is 101 Å². The Morgan fingerprint density at radius 3 is 2.20 bits per heavy atom. The molecule has 25 heavy (non-hydrogen) atoms. The van der Waals surface area contributed by atoms with Gasteiger partial charge in [0.2, 0.25) is 0 Å². The first-order valence-corrected chi connectivity index (χ1v) is 9.53. The minimum Gasteiger partial charge on any atom is -0.390 e. The van der Waals surface area contributed by atoms with Gasteiger partial charge in [0, 0.05) is 17.8 Å². The molecule has 0 aromatic rings. The van der Waals surface area contributed by atoms with E-state index >= 15 is 0 Å². The number of aliphatic hydroxyl groups is 5. The number of aliphatic hydroxyl groups excluding tert-OH is 3. The Kier molecular flexibility index (Phi) is 4.26. The van der Waals surface area contributed by atoms with Crippen LogP contribution in [0.4, 0.5) is 0 Å². The highest BCUT2D eigenvalue weighted by molar-refractivity contribution is 5.40. The first-order valence-electron chi connectivity index (χ1n) is 9.53. The lowest BCUT2D eigenvalue weighted by molar-refractivity contribution is -0.258. The van der Waals surface area contributed by atoms with Crippen molar-refractivity contribution in [2.45, 2.75) is 89.8 Å². The maximum absolute atomic E-state index is 11.7. The lowest BCUT2D eigenvalue weighted by Crippen LogP contribution is -2.74. The molecule has 0 saturated heterocycles. The van der Waals surface area contributed by atoms with Gasteiger partial charge >= 0.3 is 0 Å². The Hall–Kier alpha value is -0.460. The maximum Gasteiger partial charge on any atom is 0.120 e. The standard InChI is InChI=1S/C20H34O5/c1-11(2)19(24)9-12-14(22)15(23)16-17(3,4)7-6-8-18(16,5)20(12,25)13(21)10-19/h9,11,13-16,21-25H,6-8,10H2,1-5H3. The normalized spacial score (nSPS) is 52.4. The van der Waals surface area contributed by atoms with E-state index < -0.39 is 34.9 Å². The maximum atomic E-state index is 11.7. The van der Waals surface area contributed by atoms with Gasteiger partial charge in [0.25, 0.3) is 0 Å². The molecule has 3 aliphatic carbocycles. The fourth-order valence-electron chi connectivity index (χ4n) is 6.23. The Labute approximate surface area is 150 Å². The van der Waals surface area contributed by atoms with Gasteiger partial charge in [-0.2, -0.15) is 0 Å². The molecule has 5 nitrogen and oxygen atoms in total. The lowest BCUT2D eigenvalue weighted by atomic mass is 9.42. The fraction of sp³-hybridized carbons (Fsp3) is 0.900. The van der Waals surface area contributed by atoms with Crippen LogP contribution >= 0.6 is 0 Å². The number of rotatable bonds is 1. The molecule has 3 aliphatic rings. The van der Waals surface area contributed by atoms with E-state index in [1.165, 1.54) is 6.08 Å². The highest BCUT2D eigenvalue weighted by Crippen LogP contribution is 2.65. The average Bonchev–Trinajstić information content (AvgIpc) is 2.47. The molecule has 144 valence electrons. The second-order valence-electron chi connectivity index (χ2n) is 9.90. The molecule has 5 heteroatoms. The number of fused-ring (bicyclic) bond motifs is 3. The quantitative estimate of drug-likeness (QED) is 0.458. The molecule has 0 amide bonds. The van der Waals surface area contributed by atoms with Crippen molar-refractivity contribution >= 4 is 0 Å². The van der Waals surface area contributed by atoms with E-state index in [1.54, 1.807) is 0 Å². The number of hydrogen-bond donors (Lipinski definition) is 5.